The van der Waals surface area contributed by atoms with Gasteiger partial charge in [0.1, 0.15) is 17.3 Å². The first-order chi connectivity index (χ1) is 9.93. The third kappa shape index (κ3) is 3.77. The second-order valence-corrected chi connectivity index (χ2v) is 6.15. The van der Waals surface area contributed by atoms with E-state index in [4.69, 9.17) is 5.73 Å². The van der Waals surface area contributed by atoms with Crippen molar-refractivity contribution in [3.8, 4) is 0 Å². The Balaban J connectivity index is 2.27. The Morgan fingerprint density at radius 3 is 2.10 bits per heavy atom. The van der Waals surface area contributed by atoms with E-state index in [0.29, 0.717) is 11.1 Å². The summed E-state index contributed by atoms with van der Waals surface area (Å²) in [5.74, 6) is -2.34. The highest BCUT2D eigenvalue weighted by atomic mass is 32.2. The molecule has 2 aromatic carbocycles. The lowest BCUT2D eigenvalue weighted by atomic mass is 10.1. The second kappa shape index (κ2) is 6.19. The molecule has 0 fully saturated rings. The van der Waals surface area contributed by atoms with Gasteiger partial charge in [0.2, 0.25) is 10.0 Å². The van der Waals surface area contributed by atoms with Crippen LogP contribution in [0.1, 0.15) is 11.1 Å². The van der Waals surface area contributed by atoms with Crippen molar-refractivity contribution in [2.75, 3.05) is 4.72 Å². The molecular formula is C14H14F2N2O2S. The highest BCUT2D eigenvalue weighted by Crippen LogP contribution is 2.21. The van der Waals surface area contributed by atoms with Gasteiger partial charge in [-0.2, -0.15) is 0 Å². The Labute approximate surface area is 121 Å². The molecule has 0 radical (unpaired) electrons. The highest BCUT2D eigenvalue weighted by Gasteiger charge is 2.18. The van der Waals surface area contributed by atoms with Gasteiger partial charge in [0.05, 0.1) is 5.75 Å². The molecule has 0 aromatic heterocycles. The molecule has 0 saturated carbocycles. The first kappa shape index (κ1) is 15.4. The van der Waals surface area contributed by atoms with Gasteiger partial charge in [-0.15, -0.1) is 0 Å². The molecule has 2 aromatic rings. The largest absolute Gasteiger partial charge is 0.326 e. The van der Waals surface area contributed by atoms with Crippen LogP contribution in [0, 0.1) is 11.6 Å². The Bertz CT molecular complexity index is 728. The number of anilines is 1. The molecule has 0 heterocycles. The Morgan fingerprint density at radius 2 is 1.52 bits per heavy atom. The molecule has 0 aliphatic heterocycles. The first-order valence-corrected chi connectivity index (χ1v) is 7.79. The molecule has 7 heteroatoms. The number of hydrogen-bond donors (Lipinski definition) is 2. The fourth-order valence-electron chi connectivity index (χ4n) is 1.89. The van der Waals surface area contributed by atoms with Crippen LogP contribution in [0.3, 0.4) is 0 Å². The number of benzene rings is 2. The summed E-state index contributed by atoms with van der Waals surface area (Å²) in [6.07, 6.45) is 0. The van der Waals surface area contributed by atoms with E-state index in [1.807, 2.05) is 4.72 Å². The smallest absolute Gasteiger partial charge is 0.237 e. The van der Waals surface area contributed by atoms with E-state index in [-0.39, 0.29) is 6.54 Å². The average molecular weight is 312 g/mol. The summed E-state index contributed by atoms with van der Waals surface area (Å²) in [4.78, 5) is 0. The quantitative estimate of drug-likeness (QED) is 0.890. The number of para-hydroxylation sites is 1. The van der Waals surface area contributed by atoms with Crippen molar-refractivity contribution in [3.63, 3.8) is 0 Å². The zero-order valence-corrected chi connectivity index (χ0v) is 11.8. The summed E-state index contributed by atoms with van der Waals surface area (Å²) < 4.78 is 53.0. The highest BCUT2D eigenvalue weighted by molar-refractivity contribution is 7.91. The standard InChI is InChI=1S/C14H14F2N2O2S/c15-12-6-3-7-13(16)14(12)18-21(19,20)9-11-5-2-1-4-10(11)8-17/h1-7,18H,8-9,17H2. The maximum Gasteiger partial charge on any atom is 0.237 e. The molecule has 0 spiro atoms. The van der Waals surface area contributed by atoms with Crippen LogP contribution in [-0.4, -0.2) is 8.42 Å². The number of halogens is 2. The van der Waals surface area contributed by atoms with Gasteiger partial charge in [0.25, 0.3) is 0 Å². The fraction of sp³-hybridized carbons (Fsp3) is 0.143. The summed E-state index contributed by atoms with van der Waals surface area (Å²) >= 11 is 0. The van der Waals surface area contributed by atoms with E-state index in [1.165, 1.54) is 0 Å². The third-order valence-corrected chi connectivity index (χ3v) is 4.11. The summed E-state index contributed by atoms with van der Waals surface area (Å²) in [5.41, 5.74) is 6.01. The van der Waals surface area contributed by atoms with E-state index in [0.717, 1.165) is 18.2 Å². The number of nitrogens with one attached hydrogen (secondary N) is 1. The van der Waals surface area contributed by atoms with Crippen molar-refractivity contribution in [2.24, 2.45) is 5.73 Å². The summed E-state index contributed by atoms with van der Waals surface area (Å²) in [6.45, 7) is 0.180. The fourth-order valence-corrected chi connectivity index (χ4v) is 3.16. The van der Waals surface area contributed by atoms with Crippen LogP contribution in [-0.2, 0) is 22.3 Å². The lowest BCUT2D eigenvalue weighted by Gasteiger charge is -2.11. The molecule has 4 nitrogen and oxygen atoms in total. The number of sulfonamides is 1. The van der Waals surface area contributed by atoms with Gasteiger partial charge in [-0.25, -0.2) is 17.2 Å². The number of nitrogens with two attached hydrogens (primary N) is 1. The van der Waals surface area contributed by atoms with Gasteiger partial charge in [0, 0.05) is 6.54 Å². The average Bonchev–Trinajstić information content (AvgIpc) is 2.43. The van der Waals surface area contributed by atoms with Gasteiger partial charge >= 0.3 is 0 Å². The molecule has 2 rings (SSSR count). The van der Waals surface area contributed by atoms with Crippen LogP contribution >= 0.6 is 0 Å². The lowest BCUT2D eigenvalue weighted by Crippen LogP contribution is -2.18. The SMILES string of the molecule is NCc1ccccc1CS(=O)(=O)Nc1c(F)cccc1F. The van der Waals surface area contributed by atoms with Crippen LogP contribution < -0.4 is 10.5 Å². The van der Waals surface area contributed by atoms with Crippen molar-refractivity contribution in [3.05, 3.63) is 65.2 Å². The molecule has 0 unspecified atom stereocenters. The maximum absolute atomic E-state index is 13.5. The predicted molar refractivity (Wildman–Crippen MR) is 76.9 cm³/mol. The van der Waals surface area contributed by atoms with Crippen molar-refractivity contribution < 1.29 is 17.2 Å². The maximum atomic E-state index is 13.5. The third-order valence-electron chi connectivity index (χ3n) is 2.90. The monoisotopic (exact) mass is 312 g/mol. The zero-order chi connectivity index (χ0) is 15.5. The molecule has 0 atom stereocenters. The summed E-state index contributed by atoms with van der Waals surface area (Å²) in [6, 6.07) is 9.85. The van der Waals surface area contributed by atoms with Gasteiger partial charge in [0.15, 0.2) is 0 Å². The summed E-state index contributed by atoms with van der Waals surface area (Å²) in [7, 11) is -3.95. The van der Waals surface area contributed by atoms with Crippen LogP contribution in [0.2, 0.25) is 0 Å². The second-order valence-electron chi connectivity index (χ2n) is 4.43. The van der Waals surface area contributed by atoms with Gasteiger partial charge in [-0.1, -0.05) is 30.3 Å². The Kier molecular flexibility index (Phi) is 4.54. The van der Waals surface area contributed by atoms with Crippen molar-refractivity contribution in [2.45, 2.75) is 12.3 Å². The summed E-state index contributed by atoms with van der Waals surface area (Å²) in [5, 5.41) is 0. The minimum atomic E-state index is -3.95. The molecule has 0 saturated heterocycles. The molecule has 21 heavy (non-hydrogen) atoms. The molecule has 3 N–H and O–H groups in total. The van der Waals surface area contributed by atoms with Gasteiger partial charge in [-0.05, 0) is 23.3 Å². The van der Waals surface area contributed by atoms with E-state index in [9.17, 15) is 17.2 Å². The number of rotatable bonds is 5. The molecule has 0 aliphatic rings. The zero-order valence-electron chi connectivity index (χ0n) is 11.0. The first-order valence-electron chi connectivity index (χ1n) is 6.14. The predicted octanol–water partition coefficient (Wildman–Crippen LogP) is 2.37. The van der Waals surface area contributed by atoms with E-state index in [1.54, 1.807) is 24.3 Å². The normalized spacial score (nSPS) is 11.4. The minimum absolute atomic E-state index is 0.180. The molecular weight excluding hydrogens is 298 g/mol. The van der Waals surface area contributed by atoms with E-state index in [2.05, 4.69) is 0 Å². The molecule has 0 aliphatic carbocycles. The van der Waals surface area contributed by atoms with E-state index >= 15 is 0 Å². The molecule has 112 valence electrons. The molecule has 0 bridgehead atoms. The van der Waals surface area contributed by atoms with E-state index < -0.39 is 33.1 Å². The number of hydrogen-bond acceptors (Lipinski definition) is 3. The van der Waals surface area contributed by atoms with Crippen LogP contribution in [0.5, 0.6) is 0 Å². The van der Waals surface area contributed by atoms with Crippen molar-refractivity contribution in [1.82, 2.24) is 0 Å². The van der Waals surface area contributed by atoms with Crippen molar-refractivity contribution in [1.29, 1.82) is 0 Å². The van der Waals surface area contributed by atoms with Gasteiger partial charge < -0.3 is 5.73 Å². The molecule has 0 amide bonds. The topological polar surface area (TPSA) is 72.2 Å². The van der Waals surface area contributed by atoms with Crippen LogP contribution in [0.4, 0.5) is 14.5 Å². The Morgan fingerprint density at radius 1 is 0.952 bits per heavy atom. The Hall–Kier alpha value is -1.99. The van der Waals surface area contributed by atoms with Crippen molar-refractivity contribution >= 4 is 15.7 Å². The lowest BCUT2D eigenvalue weighted by molar-refractivity contribution is 0.582. The minimum Gasteiger partial charge on any atom is -0.326 e. The van der Waals surface area contributed by atoms with Crippen LogP contribution in [0.15, 0.2) is 42.5 Å². The van der Waals surface area contributed by atoms with Gasteiger partial charge in [-0.3, -0.25) is 4.72 Å². The van der Waals surface area contributed by atoms with Crippen LogP contribution in [0.25, 0.3) is 0 Å².